The van der Waals surface area contributed by atoms with E-state index in [-0.39, 0.29) is 17.7 Å². The highest BCUT2D eigenvalue weighted by atomic mass is 32.2. The molecule has 8 nitrogen and oxygen atoms in total. The predicted octanol–water partition coefficient (Wildman–Crippen LogP) is 2.10. The van der Waals surface area contributed by atoms with E-state index in [1.54, 1.807) is 10.8 Å². The van der Waals surface area contributed by atoms with Crippen LogP contribution < -0.4 is 10.6 Å². The first-order valence-electron chi connectivity index (χ1n) is 7.59. The van der Waals surface area contributed by atoms with Crippen molar-refractivity contribution in [1.29, 1.82) is 0 Å². The maximum Gasteiger partial charge on any atom is 0.321 e. The van der Waals surface area contributed by atoms with Crippen molar-refractivity contribution in [2.45, 2.75) is 38.4 Å². The predicted molar refractivity (Wildman–Crippen MR) is 90.6 cm³/mol. The lowest BCUT2D eigenvalue weighted by Crippen LogP contribution is -2.43. The Morgan fingerprint density at radius 1 is 1.42 bits per heavy atom. The van der Waals surface area contributed by atoms with E-state index in [1.807, 2.05) is 33.9 Å². The molecular weight excluding hydrogens is 330 g/mol. The van der Waals surface area contributed by atoms with Crippen molar-refractivity contribution >= 4 is 23.7 Å². The van der Waals surface area contributed by atoms with Gasteiger partial charge in [0.1, 0.15) is 5.76 Å². The summed E-state index contributed by atoms with van der Waals surface area (Å²) in [6, 6.07) is 1.35. The molecule has 1 atom stereocenters. The topological polar surface area (TPSA) is 102 Å². The smallest absolute Gasteiger partial charge is 0.321 e. The van der Waals surface area contributed by atoms with Gasteiger partial charge in [-0.1, -0.05) is 18.7 Å². The zero-order valence-electron chi connectivity index (χ0n) is 14.1. The highest BCUT2D eigenvalue weighted by molar-refractivity contribution is 7.99. The van der Waals surface area contributed by atoms with Crippen molar-refractivity contribution in [3.8, 4) is 11.4 Å². The summed E-state index contributed by atoms with van der Waals surface area (Å²) in [5.74, 6) is 1.11. The van der Waals surface area contributed by atoms with Gasteiger partial charge in [0.2, 0.25) is 5.91 Å². The van der Waals surface area contributed by atoms with Crippen molar-refractivity contribution in [2.75, 3.05) is 5.75 Å². The summed E-state index contributed by atoms with van der Waals surface area (Å²) < 4.78 is 7.06. The molecule has 0 aromatic carbocycles. The number of carbonyl (C=O) groups is 2. The number of rotatable bonds is 6. The molecule has 0 saturated carbocycles. The Bertz CT molecular complexity index is 725. The second kappa shape index (κ2) is 8.00. The third-order valence-electron chi connectivity index (χ3n) is 3.51. The molecular formula is C15H21N5O3S. The summed E-state index contributed by atoms with van der Waals surface area (Å²) >= 11 is 1.21. The molecule has 2 rings (SSSR count). The number of thioether (sulfide) groups is 1. The van der Waals surface area contributed by atoms with E-state index >= 15 is 0 Å². The number of nitrogens with one attached hydrogen (secondary N) is 2. The van der Waals surface area contributed by atoms with Crippen LogP contribution in [-0.2, 0) is 11.8 Å². The molecule has 2 N–H and O–H groups in total. The number of aryl methyl sites for hydroxylation is 1. The molecule has 0 radical (unpaired) electrons. The number of hydrogen-bond donors (Lipinski definition) is 2. The van der Waals surface area contributed by atoms with E-state index in [2.05, 4.69) is 20.8 Å². The van der Waals surface area contributed by atoms with Gasteiger partial charge in [0.15, 0.2) is 11.0 Å². The van der Waals surface area contributed by atoms with Gasteiger partial charge in [0.25, 0.3) is 0 Å². The monoisotopic (exact) mass is 351 g/mol. The Kier molecular flexibility index (Phi) is 6.02. The second-order valence-corrected chi connectivity index (χ2v) is 6.32. The Morgan fingerprint density at radius 3 is 2.79 bits per heavy atom. The lowest BCUT2D eigenvalue weighted by Gasteiger charge is -2.11. The number of nitrogens with zero attached hydrogens (tertiary/aromatic N) is 3. The standard InChI is InChI=1S/C15H21N5O3S/c1-5-9(2)16-14(22)17-12(21)8-24-15-19-18-13(20(15)4)11-6-7-23-10(11)3/h6-7,9H,5,8H2,1-4H3,(H2,16,17,21,22)/t9-/m0/s1. The van der Waals surface area contributed by atoms with Gasteiger partial charge in [0, 0.05) is 13.1 Å². The first-order valence-corrected chi connectivity index (χ1v) is 8.58. The van der Waals surface area contributed by atoms with Crippen LogP contribution in [0.2, 0.25) is 0 Å². The molecule has 2 aromatic rings. The van der Waals surface area contributed by atoms with Crippen LogP contribution in [0.5, 0.6) is 0 Å². The summed E-state index contributed by atoms with van der Waals surface area (Å²) in [5.41, 5.74) is 0.856. The number of carbonyl (C=O) groups excluding carboxylic acids is 2. The third-order valence-corrected chi connectivity index (χ3v) is 4.53. The number of hydrogen-bond acceptors (Lipinski definition) is 6. The van der Waals surface area contributed by atoms with E-state index in [9.17, 15) is 9.59 Å². The molecule has 0 spiro atoms. The molecule has 0 aliphatic carbocycles. The van der Waals surface area contributed by atoms with Gasteiger partial charge in [-0.15, -0.1) is 10.2 Å². The van der Waals surface area contributed by atoms with Crippen molar-refractivity contribution in [2.24, 2.45) is 7.05 Å². The summed E-state index contributed by atoms with van der Waals surface area (Å²) in [4.78, 5) is 23.4. The number of imide groups is 1. The Balaban J connectivity index is 1.91. The molecule has 0 saturated heterocycles. The van der Waals surface area contributed by atoms with Crippen molar-refractivity contribution in [3.63, 3.8) is 0 Å². The summed E-state index contributed by atoms with van der Waals surface area (Å²) in [6.45, 7) is 5.67. The number of amides is 3. The number of urea groups is 1. The highest BCUT2D eigenvalue weighted by Crippen LogP contribution is 2.25. The van der Waals surface area contributed by atoms with Crippen LogP contribution >= 0.6 is 11.8 Å². The SMILES string of the molecule is CC[C@H](C)NC(=O)NC(=O)CSc1nnc(-c2ccoc2C)n1C. The van der Waals surface area contributed by atoms with Crippen LogP contribution in [0.3, 0.4) is 0 Å². The maximum absolute atomic E-state index is 11.8. The molecule has 0 fully saturated rings. The van der Waals surface area contributed by atoms with Crippen LogP contribution in [0.15, 0.2) is 21.9 Å². The van der Waals surface area contributed by atoms with E-state index in [0.717, 1.165) is 17.7 Å². The van der Waals surface area contributed by atoms with Gasteiger partial charge in [-0.3, -0.25) is 10.1 Å². The fourth-order valence-electron chi connectivity index (χ4n) is 1.95. The minimum Gasteiger partial charge on any atom is -0.469 e. The number of aromatic nitrogens is 3. The Hall–Kier alpha value is -2.29. The summed E-state index contributed by atoms with van der Waals surface area (Å²) in [7, 11) is 1.82. The average molecular weight is 351 g/mol. The van der Waals surface area contributed by atoms with Crippen molar-refractivity contribution in [1.82, 2.24) is 25.4 Å². The molecule has 0 aliphatic rings. The van der Waals surface area contributed by atoms with Gasteiger partial charge in [0.05, 0.1) is 17.6 Å². The van der Waals surface area contributed by atoms with Crippen LogP contribution in [0.25, 0.3) is 11.4 Å². The largest absolute Gasteiger partial charge is 0.469 e. The quantitative estimate of drug-likeness (QED) is 0.773. The minimum atomic E-state index is -0.484. The minimum absolute atomic E-state index is 0.0185. The summed E-state index contributed by atoms with van der Waals surface area (Å²) in [5, 5.41) is 13.8. The average Bonchev–Trinajstić information content (AvgIpc) is 3.10. The Morgan fingerprint density at radius 2 is 2.17 bits per heavy atom. The van der Waals surface area contributed by atoms with Gasteiger partial charge >= 0.3 is 6.03 Å². The lowest BCUT2D eigenvalue weighted by atomic mass is 10.2. The molecule has 0 bridgehead atoms. The Labute approximate surface area is 144 Å². The van der Waals surface area contributed by atoms with Crippen molar-refractivity contribution < 1.29 is 14.0 Å². The third kappa shape index (κ3) is 4.38. The van der Waals surface area contributed by atoms with E-state index in [0.29, 0.717) is 11.0 Å². The normalized spacial score (nSPS) is 12.0. The van der Waals surface area contributed by atoms with Gasteiger partial charge in [-0.2, -0.15) is 0 Å². The van der Waals surface area contributed by atoms with Gasteiger partial charge < -0.3 is 14.3 Å². The molecule has 24 heavy (non-hydrogen) atoms. The summed E-state index contributed by atoms with van der Waals surface area (Å²) in [6.07, 6.45) is 2.39. The number of furan rings is 1. The zero-order chi connectivity index (χ0) is 17.7. The maximum atomic E-state index is 11.8. The van der Waals surface area contributed by atoms with Crippen LogP contribution in [0, 0.1) is 6.92 Å². The highest BCUT2D eigenvalue weighted by Gasteiger charge is 2.16. The molecule has 2 aromatic heterocycles. The molecule has 2 heterocycles. The molecule has 9 heteroatoms. The molecule has 3 amide bonds. The van der Waals surface area contributed by atoms with Crippen LogP contribution in [-0.4, -0.2) is 38.5 Å². The van der Waals surface area contributed by atoms with E-state index < -0.39 is 6.03 Å². The first kappa shape index (κ1) is 18.1. The van der Waals surface area contributed by atoms with Gasteiger partial charge in [-0.05, 0) is 26.3 Å². The fourth-order valence-corrected chi connectivity index (χ4v) is 2.66. The van der Waals surface area contributed by atoms with E-state index in [4.69, 9.17) is 4.42 Å². The van der Waals surface area contributed by atoms with E-state index in [1.165, 1.54) is 11.8 Å². The molecule has 130 valence electrons. The molecule has 0 aliphatic heterocycles. The van der Waals surface area contributed by atoms with Crippen molar-refractivity contribution in [3.05, 3.63) is 18.1 Å². The van der Waals surface area contributed by atoms with Gasteiger partial charge in [-0.25, -0.2) is 4.79 Å². The van der Waals surface area contributed by atoms with Crippen LogP contribution in [0.1, 0.15) is 26.0 Å². The van der Waals surface area contributed by atoms with Crippen LogP contribution in [0.4, 0.5) is 4.79 Å². The lowest BCUT2D eigenvalue weighted by molar-refractivity contribution is -0.117. The first-order chi connectivity index (χ1) is 11.4. The fraction of sp³-hybridized carbons (Fsp3) is 0.467. The second-order valence-electron chi connectivity index (χ2n) is 5.38. The zero-order valence-corrected chi connectivity index (χ0v) is 14.9. The molecule has 0 unspecified atom stereocenters.